The summed E-state index contributed by atoms with van der Waals surface area (Å²) >= 11 is 8.88. The molecule has 0 atom stereocenters. The van der Waals surface area contributed by atoms with Gasteiger partial charge in [0, 0.05) is 17.7 Å². The number of carbonyl (C=O) groups excluding carboxylic acids is 1. The number of amides is 1. The average Bonchev–Trinajstić information content (AvgIpc) is 2.89. The quantitative estimate of drug-likeness (QED) is 0.587. The molecule has 1 aromatic carbocycles. The van der Waals surface area contributed by atoms with E-state index in [9.17, 15) is 4.79 Å². The summed E-state index contributed by atoms with van der Waals surface area (Å²) in [7, 11) is 3.19. The van der Waals surface area contributed by atoms with E-state index in [2.05, 4.69) is 21.2 Å². The summed E-state index contributed by atoms with van der Waals surface area (Å²) < 4.78 is 11.5. The third-order valence-corrected chi connectivity index (χ3v) is 5.57. The molecule has 25 heavy (non-hydrogen) atoms. The lowest BCUT2D eigenvalue weighted by Crippen LogP contribution is -2.41. The number of halogens is 1. The Morgan fingerprint density at radius 1 is 1.20 bits per heavy atom. The molecule has 0 bridgehead atoms. The van der Waals surface area contributed by atoms with Gasteiger partial charge in [-0.2, -0.15) is 0 Å². The summed E-state index contributed by atoms with van der Waals surface area (Å²) in [6.45, 7) is 0. The van der Waals surface area contributed by atoms with Crippen LogP contribution in [0.1, 0.15) is 37.7 Å². The van der Waals surface area contributed by atoms with E-state index in [1.165, 1.54) is 6.42 Å². The van der Waals surface area contributed by atoms with Gasteiger partial charge in [0.1, 0.15) is 17.2 Å². The highest BCUT2D eigenvalue weighted by atomic mass is 79.9. The van der Waals surface area contributed by atoms with Crippen molar-refractivity contribution in [3.63, 3.8) is 0 Å². The van der Waals surface area contributed by atoms with Crippen molar-refractivity contribution in [2.45, 2.75) is 38.1 Å². The van der Waals surface area contributed by atoms with E-state index in [0.717, 1.165) is 35.7 Å². The SMILES string of the molecule is COc1cc(OC)c(C=C2NC(=S)N(C3CCCCC3)C2=O)cc1Br. The van der Waals surface area contributed by atoms with Crippen LogP contribution in [0, 0.1) is 0 Å². The Morgan fingerprint density at radius 3 is 2.52 bits per heavy atom. The van der Waals surface area contributed by atoms with Crippen LogP contribution in [0.25, 0.3) is 6.08 Å². The molecule has 0 spiro atoms. The second kappa shape index (κ2) is 7.74. The van der Waals surface area contributed by atoms with E-state index in [0.29, 0.717) is 22.3 Å². The number of nitrogens with zero attached hydrogens (tertiary/aromatic N) is 1. The molecule has 5 nitrogen and oxygen atoms in total. The number of hydrogen-bond donors (Lipinski definition) is 1. The number of rotatable bonds is 4. The summed E-state index contributed by atoms with van der Waals surface area (Å²) in [6, 6.07) is 3.86. The molecule has 3 rings (SSSR count). The van der Waals surface area contributed by atoms with Crippen molar-refractivity contribution in [2.75, 3.05) is 14.2 Å². The van der Waals surface area contributed by atoms with Crippen molar-refractivity contribution in [2.24, 2.45) is 0 Å². The first-order chi connectivity index (χ1) is 12.0. The monoisotopic (exact) mass is 424 g/mol. The zero-order chi connectivity index (χ0) is 18.0. The van der Waals surface area contributed by atoms with Gasteiger partial charge in [0.05, 0.1) is 18.7 Å². The van der Waals surface area contributed by atoms with Crippen molar-refractivity contribution in [3.8, 4) is 11.5 Å². The molecule has 2 aliphatic rings. The fourth-order valence-corrected chi connectivity index (χ4v) is 4.24. The number of benzene rings is 1. The van der Waals surface area contributed by atoms with Gasteiger partial charge < -0.3 is 14.8 Å². The fraction of sp³-hybridized carbons (Fsp3) is 0.444. The van der Waals surface area contributed by atoms with Crippen molar-refractivity contribution >= 4 is 45.2 Å². The molecule has 0 radical (unpaired) electrons. The average molecular weight is 425 g/mol. The molecular weight excluding hydrogens is 404 g/mol. The maximum atomic E-state index is 12.9. The van der Waals surface area contributed by atoms with Crippen LogP contribution in [-0.2, 0) is 4.79 Å². The number of hydrogen-bond acceptors (Lipinski definition) is 4. The van der Waals surface area contributed by atoms with Gasteiger partial charge in [-0.3, -0.25) is 9.69 Å². The highest BCUT2D eigenvalue weighted by molar-refractivity contribution is 9.10. The minimum absolute atomic E-state index is 0.0640. The Kier molecular flexibility index (Phi) is 5.64. The van der Waals surface area contributed by atoms with Gasteiger partial charge in [-0.05, 0) is 53.1 Å². The zero-order valence-electron chi connectivity index (χ0n) is 14.3. The Bertz CT molecular complexity index is 729. The van der Waals surface area contributed by atoms with Crippen LogP contribution in [-0.4, -0.2) is 36.2 Å². The van der Waals surface area contributed by atoms with Crippen molar-refractivity contribution < 1.29 is 14.3 Å². The van der Waals surface area contributed by atoms with E-state index < -0.39 is 0 Å². The molecule has 7 heteroatoms. The summed E-state index contributed by atoms with van der Waals surface area (Å²) in [4.78, 5) is 14.6. The molecule has 1 aliphatic carbocycles. The summed E-state index contributed by atoms with van der Waals surface area (Å²) in [5.74, 6) is 1.24. The Labute approximate surface area is 161 Å². The fourth-order valence-electron chi connectivity index (χ4n) is 3.37. The number of thiocarbonyl (C=S) groups is 1. The van der Waals surface area contributed by atoms with E-state index in [1.54, 1.807) is 31.3 Å². The largest absolute Gasteiger partial charge is 0.496 e. The Hall–Kier alpha value is -1.60. The lowest BCUT2D eigenvalue weighted by Gasteiger charge is -2.29. The number of carbonyl (C=O) groups is 1. The number of nitrogens with one attached hydrogen (secondary N) is 1. The smallest absolute Gasteiger partial charge is 0.276 e. The van der Waals surface area contributed by atoms with Gasteiger partial charge in [-0.1, -0.05) is 19.3 Å². The molecule has 1 saturated carbocycles. The van der Waals surface area contributed by atoms with Crippen LogP contribution in [0.5, 0.6) is 11.5 Å². The molecule has 1 aliphatic heterocycles. The van der Waals surface area contributed by atoms with Crippen molar-refractivity contribution in [1.82, 2.24) is 10.2 Å². The summed E-state index contributed by atoms with van der Waals surface area (Å²) in [6.07, 6.45) is 7.33. The molecule has 0 unspecified atom stereocenters. The molecule has 0 aromatic heterocycles. The first kappa shape index (κ1) is 18.2. The van der Waals surface area contributed by atoms with Crippen LogP contribution in [0.3, 0.4) is 0 Å². The molecule has 134 valence electrons. The lowest BCUT2D eigenvalue weighted by atomic mass is 9.94. The third-order valence-electron chi connectivity index (χ3n) is 4.65. The molecule has 1 saturated heterocycles. The zero-order valence-corrected chi connectivity index (χ0v) is 16.7. The minimum atomic E-state index is -0.0640. The van der Waals surface area contributed by atoms with Gasteiger partial charge in [0.15, 0.2) is 5.11 Å². The van der Waals surface area contributed by atoms with Gasteiger partial charge in [0.2, 0.25) is 0 Å². The van der Waals surface area contributed by atoms with E-state index in [1.807, 2.05) is 6.07 Å². The normalized spacial score (nSPS) is 20.1. The third kappa shape index (κ3) is 3.67. The van der Waals surface area contributed by atoms with Crippen LogP contribution < -0.4 is 14.8 Å². The highest BCUT2D eigenvalue weighted by Gasteiger charge is 2.36. The standard InChI is InChI=1S/C18H21BrN2O3S/c1-23-15-10-16(24-2)13(19)8-11(15)9-14-17(22)21(18(25)20-14)12-6-4-3-5-7-12/h8-10,12H,3-7H2,1-2H3,(H,20,25). The predicted octanol–water partition coefficient (Wildman–Crippen LogP) is 3.86. The molecule has 1 N–H and O–H groups in total. The van der Waals surface area contributed by atoms with Crippen LogP contribution in [0.15, 0.2) is 22.3 Å². The van der Waals surface area contributed by atoms with Crippen LogP contribution in [0.4, 0.5) is 0 Å². The second-order valence-corrected chi connectivity index (χ2v) is 7.42. The van der Waals surface area contributed by atoms with Gasteiger partial charge >= 0.3 is 0 Å². The maximum absolute atomic E-state index is 12.9. The summed E-state index contributed by atoms with van der Waals surface area (Å²) in [5.41, 5.74) is 1.25. The number of ether oxygens (including phenoxy) is 2. The first-order valence-electron chi connectivity index (χ1n) is 8.33. The van der Waals surface area contributed by atoms with Gasteiger partial charge in [-0.25, -0.2) is 0 Å². The predicted molar refractivity (Wildman–Crippen MR) is 105 cm³/mol. The lowest BCUT2D eigenvalue weighted by molar-refractivity contribution is -0.124. The van der Waals surface area contributed by atoms with Gasteiger partial charge in [-0.15, -0.1) is 0 Å². The van der Waals surface area contributed by atoms with E-state index in [-0.39, 0.29) is 11.9 Å². The van der Waals surface area contributed by atoms with Crippen LogP contribution in [0.2, 0.25) is 0 Å². The Balaban J connectivity index is 1.90. The molecule has 2 fully saturated rings. The van der Waals surface area contributed by atoms with E-state index in [4.69, 9.17) is 21.7 Å². The maximum Gasteiger partial charge on any atom is 0.276 e. The molecular formula is C18H21BrN2O3S. The van der Waals surface area contributed by atoms with Crippen LogP contribution >= 0.6 is 28.1 Å². The van der Waals surface area contributed by atoms with Crippen molar-refractivity contribution in [3.05, 3.63) is 27.9 Å². The topological polar surface area (TPSA) is 50.8 Å². The first-order valence-corrected chi connectivity index (χ1v) is 9.53. The second-order valence-electron chi connectivity index (χ2n) is 6.18. The van der Waals surface area contributed by atoms with Gasteiger partial charge in [0.25, 0.3) is 5.91 Å². The highest BCUT2D eigenvalue weighted by Crippen LogP contribution is 2.34. The Morgan fingerprint density at radius 2 is 1.88 bits per heavy atom. The minimum Gasteiger partial charge on any atom is -0.496 e. The summed E-state index contributed by atoms with van der Waals surface area (Å²) in [5, 5.41) is 3.56. The number of methoxy groups -OCH3 is 2. The molecule has 1 aromatic rings. The van der Waals surface area contributed by atoms with Crippen molar-refractivity contribution in [1.29, 1.82) is 0 Å². The molecule has 1 amide bonds. The molecule has 1 heterocycles. The van der Waals surface area contributed by atoms with E-state index >= 15 is 0 Å².